The molecule has 4 aromatic rings. The molecule has 0 aliphatic rings. The summed E-state index contributed by atoms with van der Waals surface area (Å²) in [6.07, 6.45) is 2.50. The fourth-order valence-electron chi connectivity index (χ4n) is 3.69. The molecule has 0 saturated heterocycles. The van der Waals surface area contributed by atoms with Gasteiger partial charge in [-0.15, -0.1) is 0 Å². The van der Waals surface area contributed by atoms with Gasteiger partial charge in [-0.3, -0.25) is 4.68 Å². The van der Waals surface area contributed by atoms with Crippen LogP contribution in [0.15, 0.2) is 36.9 Å². The van der Waals surface area contributed by atoms with Crippen LogP contribution in [0.25, 0.3) is 10.9 Å². The van der Waals surface area contributed by atoms with Gasteiger partial charge in [-0.25, -0.2) is 31.6 Å². The van der Waals surface area contributed by atoms with Crippen LogP contribution in [0.1, 0.15) is 24.2 Å². The lowest BCUT2D eigenvalue weighted by Crippen LogP contribution is -2.41. The first-order chi connectivity index (χ1) is 14.6. The molecule has 0 amide bonds. The van der Waals surface area contributed by atoms with E-state index in [-0.39, 0.29) is 23.2 Å². The largest absolute Gasteiger partial charge is 0.381 e. The van der Waals surface area contributed by atoms with Crippen LogP contribution in [0.4, 0.5) is 22.0 Å². The summed E-state index contributed by atoms with van der Waals surface area (Å²) in [7, 11) is 0. The van der Waals surface area contributed by atoms with Crippen molar-refractivity contribution in [2.75, 3.05) is 0 Å². The predicted octanol–water partition coefficient (Wildman–Crippen LogP) is 3.78. The number of aliphatic hydroxyl groups is 1. The summed E-state index contributed by atoms with van der Waals surface area (Å²) in [6, 6.07) is 2.37. The molecule has 162 valence electrons. The third kappa shape index (κ3) is 3.34. The molecular weight excluding hydrogens is 421 g/mol. The van der Waals surface area contributed by atoms with E-state index in [1.165, 1.54) is 31.2 Å². The first kappa shape index (κ1) is 20.9. The molecular formula is C20H16F5N5O. The highest BCUT2D eigenvalue weighted by Crippen LogP contribution is 2.38. The highest BCUT2D eigenvalue weighted by atomic mass is 19.2. The van der Waals surface area contributed by atoms with E-state index >= 15 is 0 Å². The molecule has 1 N–H and O–H groups in total. The van der Waals surface area contributed by atoms with E-state index < -0.39 is 46.2 Å². The number of nitrogens with zero attached hydrogens (tertiary/aromatic N) is 5. The Hall–Kier alpha value is -3.34. The fourth-order valence-corrected chi connectivity index (χ4v) is 3.69. The van der Waals surface area contributed by atoms with Gasteiger partial charge in [0.05, 0.1) is 12.6 Å². The van der Waals surface area contributed by atoms with Crippen molar-refractivity contribution in [2.24, 2.45) is 0 Å². The average Bonchev–Trinajstić information content (AvgIpc) is 3.34. The monoisotopic (exact) mass is 437 g/mol. The van der Waals surface area contributed by atoms with Crippen molar-refractivity contribution < 1.29 is 27.1 Å². The minimum absolute atomic E-state index is 0.00839. The van der Waals surface area contributed by atoms with Crippen LogP contribution in [0.3, 0.4) is 0 Å². The fraction of sp³-hybridized carbons (Fsp3) is 0.250. The van der Waals surface area contributed by atoms with Crippen LogP contribution in [0.5, 0.6) is 0 Å². The Morgan fingerprint density at radius 1 is 1.06 bits per heavy atom. The van der Waals surface area contributed by atoms with Gasteiger partial charge in [-0.2, -0.15) is 10.2 Å². The number of hydrogen-bond acceptors (Lipinski definition) is 4. The lowest BCUT2D eigenvalue weighted by molar-refractivity contribution is -0.0373. The van der Waals surface area contributed by atoms with Crippen LogP contribution in [0, 0.1) is 36.0 Å². The second kappa shape index (κ2) is 7.41. The van der Waals surface area contributed by atoms with Crippen LogP contribution in [0.2, 0.25) is 0 Å². The van der Waals surface area contributed by atoms with Gasteiger partial charge < -0.3 is 5.11 Å². The van der Waals surface area contributed by atoms with E-state index in [9.17, 15) is 27.1 Å². The summed E-state index contributed by atoms with van der Waals surface area (Å²) < 4.78 is 72.3. The summed E-state index contributed by atoms with van der Waals surface area (Å²) in [4.78, 5) is 3.78. The normalized spacial score (nSPS) is 14.7. The van der Waals surface area contributed by atoms with Gasteiger partial charge >= 0.3 is 0 Å². The SMILES string of the molecule is Cc1c2cc(F)c(F)c(F)c2nn1[C@H](C)[C@](O)(Cn1cncn1)c1ccc(F)cc1F. The maximum atomic E-state index is 14.7. The smallest absolute Gasteiger partial charge is 0.196 e. The van der Waals surface area contributed by atoms with Crippen molar-refractivity contribution in [3.63, 3.8) is 0 Å². The minimum Gasteiger partial charge on any atom is -0.381 e. The van der Waals surface area contributed by atoms with Crippen LogP contribution < -0.4 is 0 Å². The van der Waals surface area contributed by atoms with E-state index in [2.05, 4.69) is 15.2 Å². The standard InChI is InChI=1S/C20H16F5N5O/c1-10-13-6-16(23)17(24)18(25)19(13)28-30(10)11(2)20(31,7-29-9-26-8-27-29)14-4-3-12(21)5-15(14)22/h3-6,8-9,11,31H,7H2,1-2H3/t11-,20-/m1/s1. The molecule has 2 atom stereocenters. The van der Waals surface area contributed by atoms with Crippen molar-refractivity contribution in [1.29, 1.82) is 0 Å². The number of rotatable bonds is 5. The van der Waals surface area contributed by atoms with Crippen LogP contribution >= 0.6 is 0 Å². The predicted molar refractivity (Wildman–Crippen MR) is 99.3 cm³/mol. The molecule has 31 heavy (non-hydrogen) atoms. The second-order valence-corrected chi connectivity index (χ2v) is 7.23. The molecule has 2 aromatic heterocycles. The van der Waals surface area contributed by atoms with E-state index in [1.54, 1.807) is 0 Å². The van der Waals surface area contributed by atoms with Crippen molar-refractivity contribution in [3.8, 4) is 0 Å². The minimum atomic E-state index is -2.08. The second-order valence-electron chi connectivity index (χ2n) is 7.23. The molecule has 0 unspecified atom stereocenters. The Morgan fingerprint density at radius 2 is 1.81 bits per heavy atom. The summed E-state index contributed by atoms with van der Waals surface area (Å²) in [5, 5.41) is 19.5. The zero-order valence-corrected chi connectivity index (χ0v) is 16.3. The van der Waals surface area contributed by atoms with E-state index in [4.69, 9.17) is 0 Å². The van der Waals surface area contributed by atoms with Gasteiger partial charge in [-0.1, -0.05) is 6.07 Å². The summed E-state index contributed by atoms with van der Waals surface area (Å²) >= 11 is 0. The molecule has 2 heterocycles. The molecule has 6 nitrogen and oxygen atoms in total. The zero-order chi connectivity index (χ0) is 22.5. The molecule has 0 bridgehead atoms. The average molecular weight is 437 g/mol. The highest BCUT2D eigenvalue weighted by Gasteiger charge is 2.41. The molecule has 0 aliphatic carbocycles. The Balaban J connectivity index is 1.91. The Morgan fingerprint density at radius 3 is 2.45 bits per heavy atom. The summed E-state index contributed by atoms with van der Waals surface area (Å²) in [6.45, 7) is 2.61. The third-order valence-corrected chi connectivity index (χ3v) is 5.40. The Kier molecular flexibility index (Phi) is 5.00. The van der Waals surface area contributed by atoms with Crippen molar-refractivity contribution in [3.05, 3.63) is 77.3 Å². The lowest BCUT2D eigenvalue weighted by Gasteiger charge is -2.35. The lowest BCUT2D eigenvalue weighted by atomic mass is 9.86. The van der Waals surface area contributed by atoms with Crippen molar-refractivity contribution >= 4 is 10.9 Å². The van der Waals surface area contributed by atoms with Crippen LogP contribution in [-0.4, -0.2) is 29.7 Å². The Labute approximate surface area is 172 Å². The quantitative estimate of drug-likeness (QED) is 0.381. The van der Waals surface area contributed by atoms with Gasteiger partial charge in [0.25, 0.3) is 0 Å². The summed E-state index contributed by atoms with van der Waals surface area (Å²) in [5.41, 5.74) is -2.58. The maximum absolute atomic E-state index is 14.7. The molecule has 0 saturated carbocycles. The van der Waals surface area contributed by atoms with Crippen molar-refractivity contribution in [2.45, 2.75) is 32.0 Å². The number of hydrogen-bond donors (Lipinski definition) is 1. The first-order valence-corrected chi connectivity index (χ1v) is 9.16. The van der Waals surface area contributed by atoms with Gasteiger partial charge in [-0.05, 0) is 26.0 Å². The molecule has 2 aromatic carbocycles. The molecule has 11 heteroatoms. The Bertz CT molecular complexity index is 1270. The third-order valence-electron chi connectivity index (χ3n) is 5.40. The van der Waals surface area contributed by atoms with Gasteiger partial charge in [0.1, 0.15) is 35.4 Å². The topological polar surface area (TPSA) is 68.8 Å². The molecule has 0 radical (unpaired) electrons. The number of aromatic nitrogens is 5. The summed E-state index contributed by atoms with van der Waals surface area (Å²) in [5.74, 6) is -6.40. The molecule has 0 spiro atoms. The van der Waals surface area contributed by atoms with Crippen molar-refractivity contribution in [1.82, 2.24) is 24.5 Å². The van der Waals surface area contributed by atoms with E-state index in [1.807, 2.05) is 0 Å². The number of fused-ring (bicyclic) bond motifs is 1. The zero-order valence-electron chi connectivity index (χ0n) is 16.3. The number of benzene rings is 2. The molecule has 4 rings (SSSR count). The van der Waals surface area contributed by atoms with E-state index in [0.29, 0.717) is 6.07 Å². The first-order valence-electron chi connectivity index (χ1n) is 9.16. The van der Waals surface area contributed by atoms with Gasteiger partial charge in [0.15, 0.2) is 17.5 Å². The highest BCUT2D eigenvalue weighted by molar-refractivity contribution is 5.82. The van der Waals surface area contributed by atoms with E-state index in [0.717, 1.165) is 22.9 Å². The molecule has 0 fully saturated rings. The maximum Gasteiger partial charge on any atom is 0.196 e. The van der Waals surface area contributed by atoms with Crippen LogP contribution in [-0.2, 0) is 12.1 Å². The number of halogens is 5. The molecule has 0 aliphatic heterocycles. The van der Waals surface area contributed by atoms with Gasteiger partial charge in [0.2, 0.25) is 0 Å². The number of aryl methyl sites for hydroxylation is 1. The van der Waals surface area contributed by atoms with Gasteiger partial charge in [0, 0.05) is 22.7 Å².